The molecule has 0 amide bonds. The molecule has 42 heavy (non-hydrogen) atoms. The highest BCUT2D eigenvalue weighted by molar-refractivity contribution is 7.91. The van der Waals surface area contributed by atoms with Crippen molar-refractivity contribution in [1.29, 1.82) is 0 Å². The van der Waals surface area contributed by atoms with E-state index in [1.807, 2.05) is 11.1 Å². The predicted molar refractivity (Wildman–Crippen MR) is 152 cm³/mol. The van der Waals surface area contributed by atoms with Gasteiger partial charge in [-0.1, -0.05) is 31.2 Å². The standard InChI is InChI=1S/C30H36F3N3O5S/c1-2-42(38,39)27-10-6-22(7-11-27)28(18-37)35-14-3-13-34-29(35)36-17-23(16-25(36)19-41-26-12-15-40-20-26)21-4-8-24(9-5-21)30(31,32)33/h3-11,13-14,23,25-26,28-29,37H,2,12,15-20H2,1H3/t23?,25-,26-,28-,29?/m0/s1. The molecule has 0 aromatic heterocycles. The number of aliphatic hydroxyl groups is 1. The summed E-state index contributed by atoms with van der Waals surface area (Å²) in [5.74, 6) is -0.0535. The first-order valence-electron chi connectivity index (χ1n) is 14.1. The van der Waals surface area contributed by atoms with Crippen LogP contribution in [0.2, 0.25) is 0 Å². The number of hydrogen-bond acceptors (Lipinski definition) is 8. The molecule has 2 unspecified atom stereocenters. The first-order chi connectivity index (χ1) is 20.1. The van der Waals surface area contributed by atoms with Crippen LogP contribution in [0, 0.1) is 0 Å². The molecule has 12 heteroatoms. The number of benzene rings is 2. The lowest BCUT2D eigenvalue weighted by molar-refractivity contribution is -0.137. The fourth-order valence-corrected chi connectivity index (χ4v) is 6.73. The first kappa shape index (κ1) is 30.7. The van der Waals surface area contributed by atoms with Crippen LogP contribution >= 0.6 is 0 Å². The van der Waals surface area contributed by atoms with E-state index in [-0.39, 0.29) is 35.3 Å². The van der Waals surface area contributed by atoms with Crippen molar-refractivity contribution >= 4 is 16.1 Å². The topological polar surface area (TPSA) is 91.7 Å². The number of allylic oxidation sites excluding steroid dienone is 1. The number of sulfone groups is 1. The summed E-state index contributed by atoms with van der Waals surface area (Å²) in [6.07, 6.45) is 1.87. The number of likely N-dealkylation sites (tertiary alicyclic amines) is 1. The number of halogens is 3. The normalized spacial score (nSPS) is 25.8. The number of aliphatic hydroxyl groups excluding tert-OH is 1. The summed E-state index contributed by atoms with van der Waals surface area (Å²) in [4.78, 5) is 9.10. The summed E-state index contributed by atoms with van der Waals surface area (Å²) in [6.45, 7) is 3.46. The van der Waals surface area contributed by atoms with Gasteiger partial charge in [-0.25, -0.2) is 8.42 Å². The highest BCUT2D eigenvalue weighted by atomic mass is 32.2. The zero-order chi connectivity index (χ0) is 29.9. The molecule has 3 aliphatic rings. The summed E-state index contributed by atoms with van der Waals surface area (Å²) in [5, 5.41) is 10.5. The summed E-state index contributed by atoms with van der Waals surface area (Å²) in [7, 11) is -3.37. The third kappa shape index (κ3) is 6.73. The molecule has 0 saturated carbocycles. The third-order valence-electron chi connectivity index (χ3n) is 8.24. The van der Waals surface area contributed by atoms with Crippen LogP contribution in [0.4, 0.5) is 13.2 Å². The number of rotatable bonds is 10. The van der Waals surface area contributed by atoms with Crippen molar-refractivity contribution in [3.63, 3.8) is 0 Å². The molecule has 2 aromatic rings. The van der Waals surface area contributed by atoms with Gasteiger partial charge in [0.2, 0.25) is 0 Å². The molecular weight excluding hydrogens is 571 g/mol. The van der Waals surface area contributed by atoms with E-state index in [2.05, 4.69) is 4.90 Å². The van der Waals surface area contributed by atoms with Gasteiger partial charge in [-0.05, 0) is 60.2 Å². The van der Waals surface area contributed by atoms with Crippen molar-refractivity contribution < 1.29 is 36.2 Å². The molecule has 2 aromatic carbocycles. The Kier molecular flexibility index (Phi) is 9.38. The van der Waals surface area contributed by atoms with Crippen molar-refractivity contribution in [2.24, 2.45) is 4.99 Å². The Labute approximate surface area is 244 Å². The molecule has 2 saturated heterocycles. The smallest absolute Gasteiger partial charge is 0.394 e. The van der Waals surface area contributed by atoms with Crippen LogP contribution < -0.4 is 0 Å². The van der Waals surface area contributed by atoms with Crippen molar-refractivity contribution in [1.82, 2.24) is 9.80 Å². The fraction of sp³-hybridized carbons (Fsp3) is 0.500. The van der Waals surface area contributed by atoms with Gasteiger partial charge in [-0.15, -0.1) is 0 Å². The van der Waals surface area contributed by atoms with Crippen LogP contribution in [0.3, 0.4) is 0 Å². The quantitative estimate of drug-likeness (QED) is 0.429. The van der Waals surface area contributed by atoms with Gasteiger partial charge in [-0.3, -0.25) is 9.89 Å². The molecule has 5 rings (SSSR count). The predicted octanol–water partition coefficient (Wildman–Crippen LogP) is 4.38. The molecule has 2 fully saturated rings. The molecule has 0 spiro atoms. The molecule has 3 aliphatic heterocycles. The number of ether oxygens (including phenoxy) is 2. The molecule has 5 atom stereocenters. The summed E-state index contributed by atoms with van der Waals surface area (Å²) in [6, 6.07) is 11.3. The van der Waals surface area contributed by atoms with Crippen LogP contribution in [0.5, 0.6) is 0 Å². The van der Waals surface area contributed by atoms with Gasteiger partial charge in [0.25, 0.3) is 0 Å². The van der Waals surface area contributed by atoms with Gasteiger partial charge in [0.1, 0.15) is 0 Å². The van der Waals surface area contributed by atoms with E-state index in [0.717, 1.165) is 29.7 Å². The number of hydrogen-bond donors (Lipinski definition) is 1. The monoisotopic (exact) mass is 607 g/mol. The van der Waals surface area contributed by atoms with Crippen LogP contribution in [0.1, 0.15) is 48.4 Å². The minimum atomic E-state index is -4.40. The van der Waals surface area contributed by atoms with Crippen molar-refractivity contribution in [2.45, 2.75) is 61.2 Å². The Morgan fingerprint density at radius 1 is 1.14 bits per heavy atom. The molecule has 0 aliphatic carbocycles. The zero-order valence-electron chi connectivity index (χ0n) is 23.4. The number of nitrogens with zero attached hydrogens (tertiary/aromatic N) is 3. The maximum absolute atomic E-state index is 13.2. The fourth-order valence-electron chi connectivity index (χ4n) is 5.84. The lowest BCUT2D eigenvalue weighted by Gasteiger charge is -2.42. The Morgan fingerprint density at radius 2 is 1.88 bits per heavy atom. The molecule has 8 nitrogen and oxygen atoms in total. The average molecular weight is 608 g/mol. The van der Waals surface area contributed by atoms with E-state index in [4.69, 9.17) is 14.5 Å². The summed E-state index contributed by atoms with van der Waals surface area (Å²) in [5.41, 5.74) is 0.862. The maximum Gasteiger partial charge on any atom is 0.416 e. The molecule has 0 radical (unpaired) electrons. The zero-order valence-corrected chi connectivity index (χ0v) is 24.2. The van der Waals surface area contributed by atoms with Gasteiger partial charge in [0, 0.05) is 31.6 Å². The van der Waals surface area contributed by atoms with E-state index in [1.165, 1.54) is 0 Å². The number of alkyl halides is 3. The molecule has 1 N–H and O–H groups in total. The minimum Gasteiger partial charge on any atom is -0.394 e. The van der Waals surface area contributed by atoms with Gasteiger partial charge in [-0.2, -0.15) is 13.2 Å². The maximum atomic E-state index is 13.2. The van der Waals surface area contributed by atoms with Crippen LogP contribution in [0.25, 0.3) is 0 Å². The Hall–Kier alpha value is -2.77. The molecular formula is C30H36F3N3O5S. The van der Waals surface area contributed by atoms with E-state index >= 15 is 0 Å². The first-order valence-corrected chi connectivity index (χ1v) is 15.8. The highest BCUT2D eigenvalue weighted by Gasteiger charge is 2.41. The van der Waals surface area contributed by atoms with Crippen molar-refractivity contribution in [3.8, 4) is 0 Å². The summed E-state index contributed by atoms with van der Waals surface area (Å²) >= 11 is 0. The van der Waals surface area contributed by atoms with E-state index in [0.29, 0.717) is 32.8 Å². The largest absolute Gasteiger partial charge is 0.416 e. The van der Waals surface area contributed by atoms with E-state index < -0.39 is 33.9 Å². The second-order valence-corrected chi connectivity index (χ2v) is 13.1. The molecule has 0 bridgehead atoms. The van der Waals surface area contributed by atoms with E-state index in [1.54, 1.807) is 55.6 Å². The van der Waals surface area contributed by atoms with Crippen molar-refractivity contribution in [2.75, 3.05) is 38.7 Å². The van der Waals surface area contributed by atoms with Gasteiger partial charge >= 0.3 is 6.18 Å². The molecule has 3 heterocycles. The molecule has 228 valence electrons. The second-order valence-electron chi connectivity index (χ2n) is 10.8. The second kappa shape index (κ2) is 12.8. The Balaban J connectivity index is 1.40. The van der Waals surface area contributed by atoms with Gasteiger partial charge < -0.3 is 19.5 Å². The average Bonchev–Trinajstić information content (AvgIpc) is 3.67. The van der Waals surface area contributed by atoms with Gasteiger partial charge in [0.05, 0.1) is 48.2 Å². The number of aliphatic imine (C=N–C) groups is 1. The highest BCUT2D eigenvalue weighted by Crippen LogP contribution is 2.38. The van der Waals surface area contributed by atoms with Crippen LogP contribution in [0.15, 0.2) is 70.7 Å². The van der Waals surface area contributed by atoms with Crippen LogP contribution in [-0.2, 0) is 25.5 Å². The lowest BCUT2D eigenvalue weighted by Crippen LogP contribution is -2.51. The summed E-state index contributed by atoms with van der Waals surface area (Å²) < 4.78 is 75.9. The lowest BCUT2D eigenvalue weighted by atomic mass is 9.95. The van der Waals surface area contributed by atoms with Crippen LogP contribution in [-0.4, -0.2) is 86.7 Å². The van der Waals surface area contributed by atoms with Crippen molar-refractivity contribution in [3.05, 3.63) is 77.5 Å². The van der Waals surface area contributed by atoms with Gasteiger partial charge in [0.15, 0.2) is 16.1 Å². The third-order valence-corrected chi connectivity index (χ3v) is 9.99. The minimum absolute atomic E-state index is 0.00702. The SMILES string of the molecule is CCS(=O)(=O)c1ccc([C@H](CO)N2C=CC=NC2N2CC(c3ccc(C(F)(F)F)cc3)C[C@H]2CO[C@H]2CCOC2)cc1. The Morgan fingerprint density at radius 3 is 2.50 bits per heavy atom. The van der Waals surface area contributed by atoms with E-state index in [9.17, 15) is 26.7 Å². The Bertz CT molecular complexity index is 1360.